The summed E-state index contributed by atoms with van der Waals surface area (Å²) < 4.78 is 18.8. The van der Waals surface area contributed by atoms with E-state index in [1.807, 2.05) is 12.3 Å². The minimum absolute atomic E-state index is 0.134. The Kier molecular flexibility index (Phi) is 4.32. The molecular weight excluding hydrogens is 333 g/mol. The van der Waals surface area contributed by atoms with Gasteiger partial charge in [-0.15, -0.1) is 0 Å². The third-order valence-corrected chi connectivity index (χ3v) is 5.10. The SMILES string of the molecule is COc1ccc(C(=O)N2CCC(c3c[nH]c4ncccc34)CC2)cc1F. The molecule has 2 aromatic heterocycles. The number of carbonyl (C=O) groups is 1. The first-order valence-electron chi connectivity index (χ1n) is 8.72. The van der Waals surface area contributed by atoms with E-state index in [0.29, 0.717) is 24.6 Å². The maximum atomic E-state index is 13.9. The first kappa shape index (κ1) is 16.6. The molecule has 3 heterocycles. The van der Waals surface area contributed by atoms with E-state index in [1.165, 1.54) is 24.8 Å². The molecule has 0 atom stereocenters. The molecule has 4 rings (SSSR count). The van der Waals surface area contributed by atoms with Crippen LogP contribution in [-0.4, -0.2) is 41.0 Å². The van der Waals surface area contributed by atoms with Crippen LogP contribution in [-0.2, 0) is 0 Å². The van der Waals surface area contributed by atoms with Crippen molar-refractivity contribution in [3.8, 4) is 5.75 Å². The van der Waals surface area contributed by atoms with Gasteiger partial charge in [-0.25, -0.2) is 9.37 Å². The second-order valence-electron chi connectivity index (χ2n) is 6.56. The van der Waals surface area contributed by atoms with E-state index < -0.39 is 5.82 Å². The summed E-state index contributed by atoms with van der Waals surface area (Å²) in [5, 5.41) is 1.15. The number of hydrogen-bond donors (Lipinski definition) is 1. The number of fused-ring (bicyclic) bond motifs is 1. The number of nitrogens with one attached hydrogen (secondary N) is 1. The van der Waals surface area contributed by atoms with Crippen LogP contribution >= 0.6 is 0 Å². The molecule has 3 aromatic rings. The lowest BCUT2D eigenvalue weighted by atomic mass is 9.89. The second-order valence-corrected chi connectivity index (χ2v) is 6.56. The molecule has 1 aliphatic heterocycles. The van der Waals surface area contributed by atoms with Gasteiger partial charge in [0, 0.05) is 36.4 Å². The van der Waals surface area contributed by atoms with Gasteiger partial charge in [0.05, 0.1) is 7.11 Å². The fourth-order valence-electron chi connectivity index (χ4n) is 3.69. The van der Waals surface area contributed by atoms with Crippen molar-refractivity contribution in [2.24, 2.45) is 0 Å². The number of hydrogen-bond acceptors (Lipinski definition) is 3. The summed E-state index contributed by atoms with van der Waals surface area (Å²) in [6, 6.07) is 8.37. The van der Waals surface area contributed by atoms with Crippen molar-refractivity contribution >= 4 is 16.9 Å². The number of aromatic nitrogens is 2. The molecule has 134 valence electrons. The lowest BCUT2D eigenvalue weighted by Gasteiger charge is -2.32. The molecule has 0 radical (unpaired) electrons. The molecule has 0 bridgehead atoms. The number of aromatic amines is 1. The van der Waals surface area contributed by atoms with Crippen molar-refractivity contribution < 1.29 is 13.9 Å². The first-order chi connectivity index (χ1) is 12.7. The first-order valence-corrected chi connectivity index (χ1v) is 8.72. The largest absolute Gasteiger partial charge is 0.494 e. The fraction of sp³-hybridized carbons (Fsp3) is 0.300. The zero-order valence-corrected chi connectivity index (χ0v) is 14.5. The fourth-order valence-corrected chi connectivity index (χ4v) is 3.69. The van der Waals surface area contributed by atoms with E-state index >= 15 is 0 Å². The number of piperidine rings is 1. The smallest absolute Gasteiger partial charge is 0.253 e. The molecule has 1 N–H and O–H groups in total. The van der Waals surface area contributed by atoms with Crippen LogP contribution in [0.15, 0.2) is 42.7 Å². The number of amides is 1. The number of methoxy groups -OCH3 is 1. The predicted octanol–water partition coefficient (Wildman–Crippen LogP) is 3.73. The van der Waals surface area contributed by atoms with E-state index in [0.717, 1.165) is 23.9 Å². The van der Waals surface area contributed by atoms with E-state index in [4.69, 9.17) is 4.74 Å². The minimum atomic E-state index is -0.514. The van der Waals surface area contributed by atoms with Crippen molar-refractivity contribution in [3.63, 3.8) is 0 Å². The molecule has 0 saturated carbocycles. The van der Waals surface area contributed by atoms with Gasteiger partial charge in [0.1, 0.15) is 5.65 Å². The molecule has 1 saturated heterocycles. The Labute approximate surface area is 150 Å². The quantitative estimate of drug-likeness (QED) is 0.780. The topological polar surface area (TPSA) is 58.2 Å². The highest BCUT2D eigenvalue weighted by Crippen LogP contribution is 2.33. The number of halogens is 1. The van der Waals surface area contributed by atoms with Gasteiger partial charge in [-0.2, -0.15) is 0 Å². The monoisotopic (exact) mass is 353 g/mol. The molecule has 0 unspecified atom stereocenters. The van der Waals surface area contributed by atoms with Crippen LogP contribution in [0.1, 0.15) is 34.7 Å². The van der Waals surface area contributed by atoms with Crippen LogP contribution in [0.2, 0.25) is 0 Å². The Morgan fingerprint density at radius 1 is 1.31 bits per heavy atom. The van der Waals surface area contributed by atoms with Gasteiger partial charge in [-0.3, -0.25) is 4.79 Å². The summed E-state index contributed by atoms with van der Waals surface area (Å²) in [7, 11) is 1.41. The van der Waals surface area contributed by atoms with Gasteiger partial charge in [-0.05, 0) is 54.7 Å². The predicted molar refractivity (Wildman–Crippen MR) is 96.9 cm³/mol. The molecule has 5 nitrogen and oxygen atoms in total. The normalized spacial score (nSPS) is 15.4. The van der Waals surface area contributed by atoms with Gasteiger partial charge < -0.3 is 14.6 Å². The zero-order valence-electron chi connectivity index (χ0n) is 14.5. The Balaban J connectivity index is 1.46. The third kappa shape index (κ3) is 2.92. The van der Waals surface area contributed by atoms with Gasteiger partial charge in [0.15, 0.2) is 11.6 Å². The van der Waals surface area contributed by atoms with Crippen LogP contribution in [0.5, 0.6) is 5.75 Å². The summed E-state index contributed by atoms with van der Waals surface area (Å²) in [5.74, 6) is -0.108. The van der Waals surface area contributed by atoms with Crippen LogP contribution in [0.4, 0.5) is 4.39 Å². The maximum absolute atomic E-state index is 13.9. The molecule has 1 fully saturated rings. The van der Waals surface area contributed by atoms with E-state index in [2.05, 4.69) is 16.0 Å². The molecule has 1 aliphatic rings. The van der Waals surface area contributed by atoms with Crippen LogP contribution in [0.3, 0.4) is 0 Å². The molecule has 1 amide bonds. The average Bonchev–Trinajstić information content (AvgIpc) is 3.11. The van der Waals surface area contributed by atoms with Gasteiger partial charge in [-0.1, -0.05) is 0 Å². The van der Waals surface area contributed by atoms with Crippen LogP contribution < -0.4 is 4.74 Å². The number of carbonyl (C=O) groups excluding carboxylic acids is 1. The third-order valence-electron chi connectivity index (χ3n) is 5.10. The summed E-state index contributed by atoms with van der Waals surface area (Å²) in [6.07, 6.45) is 5.56. The van der Waals surface area contributed by atoms with E-state index in [-0.39, 0.29) is 11.7 Å². The van der Waals surface area contributed by atoms with E-state index in [1.54, 1.807) is 17.2 Å². The van der Waals surface area contributed by atoms with Gasteiger partial charge >= 0.3 is 0 Å². The van der Waals surface area contributed by atoms with Crippen molar-refractivity contribution in [2.45, 2.75) is 18.8 Å². The van der Waals surface area contributed by atoms with E-state index in [9.17, 15) is 9.18 Å². The molecular formula is C20H20FN3O2. The van der Waals surface area contributed by atoms with Crippen molar-refractivity contribution in [3.05, 3.63) is 59.7 Å². The highest BCUT2D eigenvalue weighted by molar-refractivity contribution is 5.94. The number of benzene rings is 1. The highest BCUT2D eigenvalue weighted by Gasteiger charge is 2.26. The molecule has 0 spiro atoms. The molecule has 6 heteroatoms. The van der Waals surface area contributed by atoms with Crippen molar-refractivity contribution in [2.75, 3.05) is 20.2 Å². The van der Waals surface area contributed by atoms with Crippen LogP contribution in [0.25, 0.3) is 11.0 Å². The number of nitrogens with zero attached hydrogens (tertiary/aromatic N) is 2. The van der Waals surface area contributed by atoms with Crippen molar-refractivity contribution in [1.29, 1.82) is 0 Å². The average molecular weight is 353 g/mol. The number of likely N-dealkylation sites (tertiary alicyclic amines) is 1. The molecule has 26 heavy (non-hydrogen) atoms. The molecule has 0 aliphatic carbocycles. The summed E-state index contributed by atoms with van der Waals surface area (Å²) in [6.45, 7) is 1.31. The Morgan fingerprint density at radius 3 is 2.85 bits per heavy atom. The summed E-state index contributed by atoms with van der Waals surface area (Å²) in [4.78, 5) is 22.0. The summed E-state index contributed by atoms with van der Waals surface area (Å²) in [5.41, 5.74) is 2.52. The maximum Gasteiger partial charge on any atom is 0.253 e. The molecule has 1 aromatic carbocycles. The number of rotatable bonds is 3. The lowest BCUT2D eigenvalue weighted by molar-refractivity contribution is 0.0712. The number of H-pyrrole nitrogens is 1. The highest BCUT2D eigenvalue weighted by atomic mass is 19.1. The lowest BCUT2D eigenvalue weighted by Crippen LogP contribution is -2.37. The standard InChI is InChI=1S/C20H20FN3O2/c1-26-18-5-4-14(11-17(18)21)20(25)24-9-6-13(7-10-24)16-12-23-19-15(16)3-2-8-22-19/h2-5,8,11-13H,6-7,9-10H2,1H3,(H,22,23). The Hall–Kier alpha value is -2.89. The number of ether oxygens (including phenoxy) is 1. The minimum Gasteiger partial charge on any atom is -0.494 e. The van der Waals surface area contributed by atoms with Gasteiger partial charge in [0.2, 0.25) is 0 Å². The summed E-state index contributed by atoms with van der Waals surface area (Å²) >= 11 is 0. The zero-order chi connectivity index (χ0) is 18.1. The second kappa shape index (κ2) is 6.78. The van der Waals surface area contributed by atoms with Crippen LogP contribution in [0, 0.1) is 5.82 Å². The van der Waals surface area contributed by atoms with Crippen molar-refractivity contribution in [1.82, 2.24) is 14.9 Å². The number of pyridine rings is 1. The Morgan fingerprint density at radius 2 is 2.12 bits per heavy atom. The van der Waals surface area contributed by atoms with Gasteiger partial charge in [0.25, 0.3) is 5.91 Å². The Bertz CT molecular complexity index is 945.